The minimum Gasteiger partial charge on any atom is -0.438 e. The molecule has 1 aromatic heterocycles. The number of anilines is 2. The number of nitrogen functional groups attached to an aromatic ring is 2. The third-order valence-corrected chi connectivity index (χ3v) is 2.97. The van der Waals surface area contributed by atoms with Gasteiger partial charge in [0.25, 0.3) is 5.69 Å². The van der Waals surface area contributed by atoms with Gasteiger partial charge in [0.2, 0.25) is 5.88 Å². The molecule has 0 spiro atoms. The van der Waals surface area contributed by atoms with Crippen molar-refractivity contribution < 1.29 is 9.66 Å². The number of benzene rings is 1. The van der Waals surface area contributed by atoms with E-state index in [1.54, 1.807) is 12.1 Å². The van der Waals surface area contributed by atoms with Crippen LogP contribution in [0.2, 0.25) is 0 Å². The Morgan fingerprint density at radius 2 is 2.11 bits per heavy atom. The normalized spacial score (nSPS) is 12.2. The maximum Gasteiger partial charge on any atom is 0.269 e. The molecule has 7 nitrogen and oxygen atoms in total. The molecule has 0 atom stereocenters. The maximum absolute atomic E-state index is 10.8. The standard InChI is InChI=1S/C12H10N4O3/c13-9-5-11(14)15-12-8(9)4-6-3-7(16(17)18)1-2-10(6)19-12/h1-3,5H,4H2,(H4,13,14,15). The molecule has 0 saturated carbocycles. The molecule has 96 valence electrons. The summed E-state index contributed by atoms with van der Waals surface area (Å²) in [6.07, 6.45) is 0.436. The largest absolute Gasteiger partial charge is 0.438 e. The van der Waals surface area contributed by atoms with Gasteiger partial charge in [0, 0.05) is 41.4 Å². The number of hydrogen-bond acceptors (Lipinski definition) is 6. The lowest BCUT2D eigenvalue weighted by molar-refractivity contribution is -0.384. The van der Waals surface area contributed by atoms with Gasteiger partial charge in [-0.25, -0.2) is 0 Å². The first-order chi connectivity index (χ1) is 9.04. The SMILES string of the molecule is Nc1cc(N)c2c(n1)Oc1ccc([N+](=O)[O-])cc1C2. The van der Waals surface area contributed by atoms with E-state index in [0.29, 0.717) is 34.9 Å². The van der Waals surface area contributed by atoms with Crippen molar-refractivity contribution in [1.29, 1.82) is 0 Å². The van der Waals surface area contributed by atoms with Gasteiger partial charge in [-0.15, -0.1) is 0 Å². The minimum atomic E-state index is -0.444. The van der Waals surface area contributed by atoms with Crippen molar-refractivity contribution in [3.63, 3.8) is 0 Å². The molecule has 2 heterocycles. The van der Waals surface area contributed by atoms with Crippen molar-refractivity contribution >= 4 is 17.2 Å². The summed E-state index contributed by atoms with van der Waals surface area (Å²) < 4.78 is 5.58. The fourth-order valence-corrected chi connectivity index (χ4v) is 2.06. The zero-order valence-electron chi connectivity index (χ0n) is 9.79. The first-order valence-electron chi connectivity index (χ1n) is 5.54. The summed E-state index contributed by atoms with van der Waals surface area (Å²) in [5.74, 6) is 1.18. The minimum absolute atomic E-state index is 0.0211. The van der Waals surface area contributed by atoms with E-state index in [1.807, 2.05) is 0 Å². The van der Waals surface area contributed by atoms with Gasteiger partial charge in [0.05, 0.1) is 4.92 Å². The number of rotatable bonds is 1. The molecule has 0 fully saturated rings. The van der Waals surface area contributed by atoms with E-state index in [-0.39, 0.29) is 11.5 Å². The van der Waals surface area contributed by atoms with Gasteiger partial charge in [-0.05, 0) is 6.07 Å². The third-order valence-electron chi connectivity index (χ3n) is 2.97. The summed E-state index contributed by atoms with van der Waals surface area (Å²) in [7, 11) is 0. The predicted octanol–water partition coefficient (Wildman–Crippen LogP) is 1.85. The fourth-order valence-electron chi connectivity index (χ4n) is 2.06. The van der Waals surface area contributed by atoms with Gasteiger partial charge in [-0.1, -0.05) is 0 Å². The average Bonchev–Trinajstić information content (AvgIpc) is 2.36. The van der Waals surface area contributed by atoms with Gasteiger partial charge in [0.1, 0.15) is 11.6 Å². The topological polar surface area (TPSA) is 117 Å². The Labute approximate surface area is 108 Å². The predicted molar refractivity (Wildman–Crippen MR) is 69.0 cm³/mol. The molecule has 1 aliphatic heterocycles. The van der Waals surface area contributed by atoms with Crippen molar-refractivity contribution in [2.45, 2.75) is 6.42 Å². The van der Waals surface area contributed by atoms with Gasteiger partial charge >= 0.3 is 0 Å². The van der Waals surface area contributed by atoms with Gasteiger partial charge in [-0.2, -0.15) is 4.98 Å². The number of nitrogens with two attached hydrogens (primary N) is 2. The molecule has 2 aromatic rings. The second-order valence-corrected chi connectivity index (χ2v) is 4.25. The Bertz CT molecular complexity index is 700. The highest BCUT2D eigenvalue weighted by Crippen LogP contribution is 2.39. The van der Waals surface area contributed by atoms with Crippen molar-refractivity contribution in [3.8, 4) is 11.6 Å². The molecular weight excluding hydrogens is 248 g/mol. The maximum atomic E-state index is 10.8. The Balaban J connectivity index is 2.09. The molecule has 19 heavy (non-hydrogen) atoms. The Kier molecular flexibility index (Phi) is 2.28. The lowest BCUT2D eigenvalue weighted by atomic mass is 10.0. The van der Waals surface area contributed by atoms with Crippen LogP contribution >= 0.6 is 0 Å². The fraction of sp³-hybridized carbons (Fsp3) is 0.0833. The van der Waals surface area contributed by atoms with E-state index in [1.165, 1.54) is 12.1 Å². The molecule has 0 unspecified atom stereocenters. The van der Waals surface area contributed by atoms with Crippen LogP contribution in [0.3, 0.4) is 0 Å². The van der Waals surface area contributed by atoms with Crippen LogP contribution in [0.15, 0.2) is 24.3 Å². The van der Waals surface area contributed by atoms with Gasteiger partial charge in [-0.3, -0.25) is 10.1 Å². The highest BCUT2D eigenvalue weighted by Gasteiger charge is 2.23. The van der Waals surface area contributed by atoms with Crippen molar-refractivity contribution in [3.05, 3.63) is 45.5 Å². The number of nitrogens with zero attached hydrogens (tertiary/aromatic N) is 2. The number of nitro groups is 1. The second-order valence-electron chi connectivity index (χ2n) is 4.25. The number of hydrogen-bond donors (Lipinski definition) is 2. The quantitative estimate of drug-likeness (QED) is 0.508. The number of fused-ring (bicyclic) bond motifs is 2. The highest BCUT2D eigenvalue weighted by atomic mass is 16.6. The lowest BCUT2D eigenvalue weighted by Crippen LogP contribution is -2.09. The zero-order chi connectivity index (χ0) is 13.6. The van der Waals surface area contributed by atoms with Crippen LogP contribution in [-0.4, -0.2) is 9.91 Å². The highest BCUT2D eigenvalue weighted by molar-refractivity contribution is 5.63. The van der Waals surface area contributed by atoms with E-state index in [9.17, 15) is 10.1 Å². The zero-order valence-corrected chi connectivity index (χ0v) is 9.79. The Morgan fingerprint density at radius 3 is 2.84 bits per heavy atom. The summed E-state index contributed by atoms with van der Waals surface area (Å²) in [6.45, 7) is 0. The van der Waals surface area contributed by atoms with Crippen molar-refractivity contribution in [2.24, 2.45) is 0 Å². The molecule has 0 radical (unpaired) electrons. The van der Waals surface area contributed by atoms with Crippen LogP contribution in [0.4, 0.5) is 17.2 Å². The summed E-state index contributed by atoms with van der Waals surface area (Å²) in [5.41, 5.74) is 13.4. The number of aromatic nitrogens is 1. The number of ether oxygens (including phenoxy) is 1. The molecule has 0 aliphatic carbocycles. The monoisotopic (exact) mass is 258 g/mol. The number of non-ortho nitro benzene ring substituents is 1. The first-order valence-corrected chi connectivity index (χ1v) is 5.54. The summed E-state index contributed by atoms with van der Waals surface area (Å²) in [6, 6.07) is 5.97. The van der Waals surface area contributed by atoms with Crippen LogP contribution in [0.5, 0.6) is 11.6 Å². The van der Waals surface area contributed by atoms with E-state index >= 15 is 0 Å². The third kappa shape index (κ3) is 1.81. The number of nitro benzene ring substituents is 1. The first kappa shape index (κ1) is 11.3. The van der Waals surface area contributed by atoms with Crippen LogP contribution in [0.1, 0.15) is 11.1 Å². The lowest BCUT2D eigenvalue weighted by Gasteiger charge is -2.20. The molecule has 3 rings (SSSR count). The Hall–Kier alpha value is -2.83. The molecule has 0 saturated heterocycles. The van der Waals surface area contributed by atoms with E-state index in [0.717, 1.165) is 0 Å². The molecule has 1 aliphatic rings. The molecular formula is C12H10N4O3. The van der Waals surface area contributed by atoms with Crippen LogP contribution in [0.25, 0.3) is 0 Å². The van der Waals surface area contributed by atoms with Gasteiger partial charge < -0.3 is 16.2 Å². The summed E-state index contributed by atoms with van der Waals surface area (Å²) in [4.78, 5) is 14.4. The number of pyridine rings is 1. The summed E-state index contributed by atoms with van der Waals surface area (Å²) >= 11 is 0. The van der Waals surface area contributed by atoms with Crippen LogP contribution in [0, 0.1) is 10.1 Å². The molecule has 1 aromatic carbocycles. The summed E-state index contributed by atoms with van der Waals surface area (Å²) in [5, 5.41) is 10.8. The average molecular weight is 258 g/mol. The van der Waals surface area contributed by atoms with Gasteiger partial charge in [0.15, 0.2) is 0 Å². The Morgan fingerprint density at radius 1 is 1.32 bits per heavy atom. The molecule has 4 N–H and O–H groups in total. The smallest absolute Gasteiger partial charge is 0.269 e. The van der Waals surface area contributed by atoms with Crippen LogP contribution < -0.4 is 16.2 Å². The van der Waals surface area contributed by atoms with Crippen molar-refractivity contribution in [2.75, 3.05) is 11.5 Å². The molecule has 0 amide bonds. The second kappa shape index (κ2) is 3.84. The van der Waals surface area contributed by atoms with E-state index in [2.05, 4.69) is 4.98 Å². The van der Waals surface area contributed by atoms with Crippen molar-refractivity contribution in [1.82, 2.24) is 4.98 Å². The molecule has 7 heteroatoms. The van der Waals surface area contributed by atoms with E-state index < -0.39 is 4.92 Å². The van der Waals surface area contributed by atoms with E-state index in [4.69, 9.17) is 16.2 Å². The van der Waals surface area contributed by atoms with Crippen LogP contribution in [-0.2, 0) is 6.42 Å². The molecule has 0 bridgehead atoms.